The van der Waals surface area contributed by atoms with E-state index in [9.17, 15) is 9.59 Å². The van der Waals surface area contributed by atoms with Crippen LogP contribution in [0.4, 0.5) is 0 Å². The molecule has 2 amide bonds. The van der Waals surface area contributed by atoms with Gasteiger partial charge in [0.05, 0.1) is 6.54 Å². The van der Waals surface area contributed by atoms with Crippen LogP contribution in [0.15, 0.2) is 0 Å². The highest BCUT2D eigenvalue weighted by atomic mass is 16.2. The van der Waals surface area contributed by atoms with Crippen molar-refractivity contribution in [2.24, 2.45) is 17.6 Å². The van der Waals surface area contributed by atoms with Gasteiger partial charge in [-0.25, -0.2) is 0 Å². The summed E-state index contributed by atoms with van der Waals surface area (Å²) in [7, 11) is 1.70. The summed E-state index contributed by atoms with van der Waals surface area (Å²) in [5.74, 6) is 0.268. The van der Waals surface area contributed by atoms with Gasteiger partial charge in [0.2, 0.25) is 11.8 Å². The predicted molar refractivity (Wildman–Crippen MR) is 75.4 cm³/mol. The van der Waals surface area contributed by atoms with Crippen molar-refractivity contribution >= 4 is 11.8 Å². The van der Waals surface area contributed by atoms with E-state index >= 15 is 0 Å². The molecular weight excluding hydrogens is 242 g/mol. The van der Waals surface area contributed by atoms with Gasteiger partial charge in [0.25, 0.3) is 0 Å². The molecule has 1 fully saturated rings. The maximum Gasteiger partial charge on any atom is 0.239 e. The summed E-state index contributed by atoms with van der Waals surface area (Å²) in [5, 5.41) is 2.79. The topological polar surface area (TPSA) is 75.4 Å². The van der Waals surface area contributed by atoms with Crippen LogP contribution >= 0.6 is 0 Å². The monoisotopic (exact) mass is 269 g/mol. The summed E-state index contributed by atoms with van der Waals surface area (Å²) in [4.78, 5) is 25.5. The van der Waals surface area contributed by atoms with Crippen molar-refractivity contribution in [3.05, 3.63) is 0 Å². The molecule has 0 aromatic carbocycles. The lowest BCUT2D eigenvalue weighted by atomic mass is 9.78. The second-order valence-electron chi connectivity index (χ2n) is 5.43. The van der Waals surface area contributed by atoms with Crippen LogP contribution in [0.1, 0.15) is 39.0 Å². The molecule has 0 spiro atoms. The fraction of sp³-hybridized carbons (Fsp3) is 0.857. The van der Waals surface area contributed by atoms with Gasteiger partial charge in [-0.05, 0) is 31.7 Å². The lowest BCUT2D eigenvalue weighted by molar-refractivity contribution is -0.140. The van der Waals surface area contributed by atoms with Crippen molar-refractivity contribution in [2.75, 3.05) is 26.7 Å². The second-order valence-corrected chi connectivity index (χ2v) is 5.43. The quantitative estimate of drug-likeness (QED) is 0.746. The first-order valence-electron chi connectivity index (χ1n) is 7.31. The van der Waals surface area contributed by atoms with Crippen molar-refractivity contribution in [3.63, 3.8) is 0 Å². The van der Waals surface area contributed by atoms with Crippen LogP contribution in [-0.2, 0) is 9.59 Å². The molecular formula is C14H27N3O2. The molecule has 0 heterocycles. The van der Waals surface area contributed by atoms with E-state index in [-0.39, 0.29) is 30.2 Å². The number of nitrogens with zero attached hydrogens (tertiary/aromatic N) is 1. The van der Waals surface area contributed by atoms with Gasteiger partial charge < -0.3 is 16.0 Å². The first-order chi connectivity index (χ1) is 9.10. The molecule has 1 saturated carbocycles. The van der Waals surface area contributed by atoms with Crippen LogP contribution in [0.2, 0.25) is 0 Å². The summed E-state index contributed by atoms with van der Waals surface area (Å²) < 4.78 is 0. The van der Waals surface area contributed by atoms with Gasteiger partial charge in [0, 0.05) is 19.5 Å². The van der Waals surface area contributed by atoms with Crippen molar-refractivity contribution in [1.82, 2.24) is 10.2 Å². The zero-order chi connectivity index (χ0) is 14.3. The van der Waals surface area contributed by atoms with E-state index in [4.69, 9.17) is 5.73 Å². The number of carbonyl (C=O) groups is 2. The van der Waals surface area contributed by atoms with Gasteiger partial charge in [-0.3, -0.25) is 9.59 Å². The molecule has 5 nitrogen and oxygen atoms in total. The third-order valence-electron chi connectivity index (χ3n) is 3.86. The van der Waals surface area contributed by atoms with Crippen LogP contribution < -0.4 is 11.1 Å². The Hall–Kier alpha value is -1.10. The number of hydrogen-bond acceptors (Lipinski definition) is 3. The number of carbonyl (C=O) groups excluding carboxylic acids is 2. The average molecular weight is 269 g/mol. The molecule has 5 heteroatoms. The van der Waals surface area contributed by atoms with Gasteiger partial charge >= 0.3 is 0 Å². The van der Waals surface area contributed by atoms with E-state index in [0.717, 1.165) is 32.1 Å². The largest absolute Gasteiger partial charge is 0.355 e. The normalized spacial score (nSPS) is 22.9. The highest BCUT2D eigenvalue weighted by molar-refractivity contribution is 5.85. The van der Waals surface area contributed by atoms with Gasteiger partial charge in [-0.1, -0.05) is 19.8 Å². The third kappa shape index (κ3) is 4.82. The minimum absolute atomic E-state index is 0.00252. The molecule has 1 aliphatic carbocycles. The first kappa shape index (κ1) is 16.0. The molecule has 0 aliphatic heterocycles. The Kier molecular flexibility index (Phi) is 6.84. The summed E-state index contributed by atoms with van der Waals surface area (Å²) in [6.45, 7) is 3.37. The number of nitrogens with two attached hydrogens (primary N) is 1. The number of hydrogen-bond donors (Lipinski definition) is 2. The molecule has 110 valence electrons. The molecule has 19 heavy (non-hydrogen) atoms. The van der Waals surface area contributed by atoms with E-state index in [1.54, 1.807) is 11.9 Å². The SMILES string of the molecule is CCCNC(=O)CN(C)C(=O)C1CCCCC1CN. The highest BCUT2D eigenvalue weighted by Crippen LogP contribution is 2.30. The summed E-state index contributed by atoms with van der Waals surface area (Å²) >= 11 is 0. The van der Waals surface area contributed by atoms with Gasteiger partial charge in [0.1, 0.15) is 0 Å². The van der Waals surface area contributed by atoms with Gasteiger partial charge in [-0.15, -0.1) is 0 Å². The molecule has 0 aromatic heterocycles. The Morgan fingerprint density at radius 1 is 1.32 bits per heavy atom. The second kappa shape index (κ2) is 8.15. The Balaban J connectivity index is 2.48. The molecule has 1 rings (SSSR count). The minimum atomic E-state index is -0.0854. The van der Waals surface area contributed by atoms with Crippen LogP contribution in [0, 0.1) is 11.8 Å². The summed E-state index contributed by atoms with van der Waals surface area (Å²) in [6.07, 6.45) is 5.08. The fourth-order valence-corrected chi connectivity index (χ4v) is 2.71. The Bertz CT molecular complexity index is 307. The van der Waals surface area contributed by atoms with Crippen molar-refractivity contribution < 1.29 is 9.59 Å². The first-order valence-corrected chi connectivity index (χ1v) is 7.31. The third-order valence-corrected chi connectivity index (χ3v) is 3.86. The van der Waals surface area contributed by atoms with Gasteiger partial charge in [0.15, 0.2) is 0 Å². The average Bonchev–Trinajstić information content (AvgIpc) is 2.44. The zero-order valence-corrected chi connectivity index (χ0v) is 12.2. The highest BCUT2D eigenvalue weighted by Gasteiger charge is 2.32. The molecule has 3 N–H and O–H groups in total. The number of nitrogens with one attached hydrogen (secondary N) is 1. The molecule has 0 saturated heterocycles. The summed E-state index contributed by atoms with van der Waals surface area (Å²) in [6, 6.07) is 0. The van der Waals surface area contributed by atoms with E-state index < -0.39 is 0 Å². The zero-order valence-electron chi connectivity index (χ0n) is 12.2. The van der Waals surface area contributed by atoms with E-state index in [0.29, 0.717) is 13.1 Å². The van der Waals surface area contributed by atoms with E-state index in [1.807, 2.05) is 6.92 Å². The maximum atomic E-state index is 12.4. The van der Waals surface area contributed by atoms with E-state index in [1.165, 1.54) is 0 Å². The molecule has 1 aliphatic rings. The Morgan fingerprint density at radius 2 is 2.00 bits per heavy atom. The Morgan fingerprint density at radius 3 is 2.63 bits per heavy atom. The maximum absolute atomic E-state index is 12.4. The number of amides is 2. The van der Waals surface area contributed by atoms with Crippen LogP contribution in [0.25, 0.3) is 0 Å². The smallest absolute Gasteiger partial charge is 0.239 e. The molecule has 0 radical (unpaired) electrons. The van der Waals surface area contributed by atoms with Crippen molar-refractivity contribution in [3.8, 4) is 0 Å². The summed E-state index contributed by atoms with van der Waals surface area (Å²) in [5.41, 5.74) is 5.75. The van der Waals surface area contributed by atoms with Crippen LogP contribution in [0.3, 0.4) is 0 Å². The standard InChI is InChI=1S/C14H27N3O2/c1-3-8-16-13(18)10-17(2)14(19)12-7-5-4-6-11(12)9-15/h11-12H,3-10,15H2,1-2H3,(H,16,18). The number of likely N-dealkylation sites (N-methyl/N-ethyl adjacent to an activating group) is 1. The minimum Gasteiger partial charge on any atom is -0.355 e. The van der Waals surface area contributed by atoms with Crippen LogP contribution in [-0.4, -0.2) is 43.4 Å². The van der Waals surface area contributed by atoms with Gasteiger partial charge in [-0.2, -0.15) is 0 Å². The lowest BCUT2D eigenvalue weighted by Gasteiger charge is -2.32. The van der Waals surface area contributed by atoms with Crippen molar-refractivity contribution in [2.45, 2.75) is 39.0 Å². The molecule has 0 bridgehead atoms. The molecule has 2 unspecified atom stereocenters. The molecule has 0 aromatic rings. The Labute approximate surface area is 115 Å². The molecule has 2 atom stereocenters. The lowest BCUT2D eigenvalue weighted by Crippen LogP contribution is -2.44. The number of rotatable bonds is 6. The fourth-order valence-electron chi connectivity index (χ4n) is 2.71. The van der Waals surface area contributed by atoms with Crippen molar-refractivity contribution in [1.29, 1.82) is 0 Å². The van der Waals surface area contributed by atoms with E-state index in [2.05, 4.69) is 5.32 Å². The van der Waals surface area contributed by atoms with Crippen LogP contribution in [0.5, 0.6) is 0 Å². The predicted octanol–water partition coefficient (Wildman–Crippen LogP) is 0.736.